The van der Waals surface area contributed by atoms with E-state index in [2.05, 4.69) is 43.8 Å². The lowest BCUT2D eigenvalue weighted by Crippen LogP contribution is -2.34. The third kappa shape index (κ3) is 11.2. The number of aryl methyl sites for hydroxylation is 4. The van der Waals surface area contributed by atoms with Gasteiger partial charge in [-0.15, -0.1) is 0 Å². The van der Waals surface area contributed by atoms with Crippen LogP contribution >= 0.6 is 0 Å². The second kappa shape index (κ2) is 17.2. The number of nitrogens with zero attached hydrogens (tertiary/aromatic N) is 4. The number of nitrogens with one attached hydrogen (secondary N) is 1. The lowest BCUT2D eigenvalue weighted by molar-refractivity contribution is -0.156. The number of nitrogens with two attached hydrogens (primary N) is 1. The molecule has 4 aromatic rings. The third-order valence-electron chi connectivity index (χ3n) is 7.37. The van der Waals surface area contributed by atoms with Crippen molar-refractivity contribution in [2.24, 2.45) is 5.73 Å². The minimum Gasteiger partial charge on any atom is -0.444 e. The number of ether oxygens (including phenoxy) is 1. The van der Waals surface area contributed by atoms with Crippen LogP contribution in [0.15, 0.2) is 45.4 Å². The van der Waals surface area contributed by atoms with Crippen molar-refractivity contribution in [2.75, 3.05) is 0 Å². The van der Waals surface area contributed by atoms with Crippen LogP contribution in [0, 0.1) is 0 Å². The number of rotatable bonds is 5. The fraction of sp³-hybridized carbons (Fsp3) is 0.486. The van der Waals surface area contributed by atoms with Gasteiger partial charge in [-0.05, 0) is 80.8 Å². The van der Waals surface area contributed by atoms with Crippen LogP contribution < -0.4 is 11.1 Å². The summed E-state index contributed by atoms with van der Waals surface area (Å²) in [6.07, 6.45) is -0.744. The number of alkyl halides is 3. The molecule has 0 bridgehead atoms. The van der Waals surface area contributed by atoms with Crippen molar-refractivity contribution < 1.29 is 37.9 Å². The van der Waals surface area contributed by atoms with Crippen LogP contribution in [0.25, 0.3) is 22.8 Å². The Balaban J connectivity index is 0.000000225. The first kappa shape index (κ1) is 37.2. The summed E-state index contributed by atoms with van der Waals surface area (Å²) in [5, 5.41) is 11.0. The van der Waals surface area contributed by atoms with Gasteiger partial charge in [0.15, 0.2) is 0 Å². The number of hydrogen-bond donors (Lipinski definition) is 2. The Bertz CT molecular complexity index is 1700. The zero-order chi connectivity index (χ0) is 37.1. The fourth-order valence-corrected chi connectivity index (χ4v) is 5.18. The highest BCUT2D eigenvalue weighted by molar-refractivity contribution is 5.69. The van der Waals surface area contributed by atoms with E-state index in [-0.39, 0.29) is 18.2 Å². The molecule has 0 saturated heterocycles. The number of amides is 1. The normalized spacial score (nSPS) is 16.3. The Morgan fingerprint density at radius 3 is 1.88 bits per heavy atom. The summed E-state index contributed by atoms with van der Waals surface area (Å²) < 4.78 is 53.1. The summed E-state index contributed by atoms with van der Waals surface area (Å²) in [7, 11) is 0. The Labute approximate surface area is 285 Å². The maximum atomic E-state index is 12.0. The van der Waals surface area contributed by atoms with Gasteiger partial charge in [-0.2, -0.15) is 23.1 Å². The Kier molecular flexibility index (Phi) is 13.1. The largest absolute Gasteiger partial charge is 0.446 e. The Hall–Kier alpha value is -4.59. The standard InChI is InChI=1S/C18H23N3O3.C13H15N3O.C2HF3O.C2H6/c1-5-15-20-16(21-24-15)12-6-8-13-11(10-12)7-9-14(13)19-17(22)23-18(2,3)4;1-2-12-15-13(16-17-12)9-3-5-10-8(7-9)4-6-11(10)14;3-2(4,5)1-6;1-2/h6,8,10,14H,5,7,9H2,1-4H3,(H,19,22);3,5,7,11H,2,4,6,14H2,1H3;1H;1-2H3/t14-;11-;;/m11../s1/i;;;1D. The van der Waals surface area contributed by atoms with E-state index in [1.54, 1.807) is 6.92 Å². The van der Waals surface area contributed by atoms with E-state index in [0.717, 1.165) is 55.2 Å². The highest BCUT2D eigenvalue weighted by Crippen LogP contribution is 2.34. The predicted molar refractivity (Wildman–Crippen MR) is 177 cm³/mol. The summed E-state index contributed by atoms with van der Waals surface area (Å²) in [5.41, 5.74) is 12.4. The van der Waals surface area contributed by atoms with Gasteiger partial charge >= 0.3 is 12.3 Å². The molecule has 3 N–H and O–H groups in total. The second-order valence-corrected chi connectivity index (χ2v) is 12.1. The minimum atomic E-state index is -4.64. The molecule has 0 aliphatic heterocycles. The molecule has 2 aromatic heterocycles. The summed E-state index contributed by atoms with van der Waals surface area (Å²) in [4.78, 5) is 29.4. The van der Waals surface area contributed by atoms with Gasteiger partial charge in [-0.25, -0.2) is 4.79 Å². The molecule has 266 valence electrons. The van der Waals surface area contributed by atoms with Crippen LogP contribution in [-0.4, -0.2) is 44.4 Å². The zero-order valence-corrected chi connectivity index (χ0v) is 28.7. The van der Waals surface area contributed by atoms with Crippen LogP contribution in [-0.2, 0) is 35.2 Å². The Morgan fingerprint density at radius 1 is 0.959 bits per heavy atom. The smallest absolute Gasteiger partial charge is 0.444 e. The summed E-state index contributed by atoms with van der Waals surface area (Å²) in [5.74, 6) is 2.59. The summed E-state index contributed by atoms with van der Waals surface area (Å²) in [6, 6.07) is 12.5. The molecular formula is C35H45F3N6O5. The lowest BCUT2D eigenvalue weighted by atomic mass is 10.0. The number of alkyl carbamates (subject to hydrolysis) is 1. The molecule has 0 unspecified atom stereocenters. The number of aromatic nitrogens is 4. The van der Waals surface area contributed by atoms with E-state index in [9.17, 15) is 18.0 Å². The van der Waals surface area contributed by atoms with E-state index in [1.807, 2.05) is 52.8 Å². The molecule has 0 spiro atoms. The number of aldehydes is 1. The van der Waals surface area contributed by atoms with Gasteiger partial charge < -0.3 is 24.8 Å². The summed E-state index contributed by atoms with van der Waals surface area (Å²) >= 11 is 0. The molecule has 2 aliphatic carbocycles. The second-order valence-electron chi connectivity index (χ2n) is 12.1. The van der Waals surface area contributed by atoms with Crippen molar-refractivity contribution in [3.05, 3.63) is 70.4 Å². The fourth-order valence-electron chi connectivity index (χ4n) is 5.18. The molecule has 11 nitrogen and oxygen atoms in total. The monoisotopic (exact) mass is 687 g/mol. The van der Waals surface area contributed by atoms with Gasteiger partial charge in [-0.3, -0.25) is 4.79 Å². The third-order valence-corrected chi connectivity index (χ3v) is 7.37. The average molecular weight is 688 g/mol. The van der Waals surface area contributed by atoms with E-state index in [0.29, 0.717) is 30.3 Å². The number of carbonyl (C=O) groups is 2. The van der Waals surface area contributed by atoms with Crippen molar-refractivity contribution in [1.82, 2.24) is 25.6 Å². The molecule has 2 atom stereocenters. The topological polar surface area (TPSA) is 159 Å². The summed E-state index contributed by atoms with van der Waals surface area (Å²) in [6.45, 7) is 11.8. The number of carbonyl (C=O) groups excluding carboxylic acids is 2. The zero-order valence-electron chi connectivity index (χ0n) is 29.7. The number of benzene rings is 2. The van der Waals surface area contributed by atoms with E-state index < -0.39 is 18.1 Å². The predicted octanol–water partition coefficient (Wildman–Crippen LogP) is 7.83. The van der Waals surface area contributed by atoms with Crippen molar-refractivity contribution >= 4 is 12.4 Å². The van der Waals surface area contributed by atoms with Gasteiger partial charge in [0.05, 0.1) is 6.04 Å². The molecule has 0 saturated carbocycles. The number of fused-ring (bicyclic) bond motifs is 2. The van der Waals surface area contributed by atoms with Crippen LogP contribution in [0.4, 0.5) is 18.0 Å². The first-order chi connectivity index (χ1) is 23.6. The quantitative estimate of drug-likeness (QED) is 0.198. The van der Waals surface area contributed by atoms with E-state index in [1.165, 1.54) is 16.7 Å². The van der Waals surface area contributed by atoms with Gasteiger partial charge in [-0.1, -0.05) is 62.2 Å². The molecule has 14 heteroatoms. The van der Waals surface area contributed by atoms with Gasteiger partial charge in [0, 0.05) is 31.4 Å². The molecule has 0 fully saturated rings. The van der Waals surface area contributed by atoms with Crippen LogP contribution in [0.3, 0.4) is 0 Å². The average Bonchev–Trinajstić information content (AvgIpc) is 3.88. The van der Waals surface area contributed by atoms with Crippen molar-refractivity contribution in [3.8, 4) is 22.8 Å². The van der Waals surface area contributed by atoms with Gasteiger partial charge in [0.2, 0.25) is 29.7 Å². The Morgan fingerprint density at radius 2 is 1.43 bits per heavy atom. The maximum Gasteiger partial charge on any atom is 0.446 e. The van der Waals surface area contributed by atoms with Crippen LogP contribution in [0.2, 0.25) is 0 Å². The van der Waals surface area contributed by atoms with Gasteiger partial charge in [0.1, 0.15) is 5.60 Å². The number of hydrogen-bond acceptors (Lipinski definition) is 10. The molecule has 0 radical (unpaired) electrons. The minimum absolute atomic E-state index is 0.0135. The molecular weight excluding hydrogens is 641 g/mol. The first-order valence-electron chi connectivity index (χ1n) is 16.8. The SMILES string of the molecule is CCc1nc(-c2ccc3c(c2)CC[C@H]3N)no1.CCc1nc(-c2ccc3c(c2)CC[C@H]3NC(=O)OC(C)(C)C)no1.O=CC(F)(F)F.[2H]CC. The highest BCUT2D eigenvalue weighted by atomic mass is 19.4. The highest BCUT2D eigenvalue weighted by Gasteiger charge is 2.27. The van der Waals surface area contributed by atoms with E-state index >= 15 is 0 Å². The van der Waals surface area contributed by atoms with E-state index in [4.69, 9.17) is 25.7 Å². The molecule has 1 amide bonds. The molecule has 6 rings (SSSR count). The first-order valence-corrected chi connectivity index (χ1v) is 16.1. The molecule has 2 aromatic carbocycles. The number of halogens is 3. The lowest BCUT2D eigenvalue weighted by Gasteiger charge is -2.22. The van der Waals surface area contributed by atoms with Gasteiger partial charge in [0.25, 0.3) is 0 Å². The molecule has 49 heavy (non-hydrogen) atoms. The maximum absolute atomic E-state index is 12.0. The van der Waals surface area contributed by atoms with Crippen molar-refractivity contribution in [3.63, 3.8) is 0 Å². The van der Waals surface area contributed by atoms with Crippen molar-refractivity contribution in [2.45, 2.75) is 111 Å². The van der Waals surface area contributed by atoms with Crippen molar-refractivity contribution in [1.29, 1.82) is 0 Å². The molecule has 2 aliphatic rings. The molecule has 2 heterocycles. The van der Waals surface area contributed by atoms with Crippen LogP contribution in [0.1, 0.15) is 109 Å². The van der Waals surface area contributed by atoms with Crippen LogP contribution in [0.5, 0.6) is 0 Å².